The van der Waals surface area contributed by atoms with Gasteiger partial charge in [0.25, 0.3) is 5.91 Å². The van der Waals surface area contributed by atoms with Crippen LogP contribution in [-0.4, -0.2) is 55.3 Å². The molecule has 1 amide bonds. The molecular formula is C25H26N6O2. The minimum atomic E-state index is -0.275. The summed E-state index contributed by atoms with van der Waals surface area (Å²) in [6.07, 6.45) is 6.84. The molecule has 1 aliphatic heterocycles. The Balaban J connectivity index is 1.39. The molecule has 4 aromatic rings. The Bertz CT molecular complexity index is 1290. The molecular weight excluding hydrogens is 416 g/mol. The zero-order chi connectivity index (χ0) is 22.8. The van der Waals surface area contributed by atoms with Gasteiger partial charge in [-0.2, -0.15) is 5.10 Å². The van der Waals surface area contributed by atoms with Crippen LogP contribution in [0.3, 0.4) is 0 Å². The average molecular weight is 443 g/mol. The first-order valence-electron chi connectivity index (χ1n) is 11.1. The highest BCUT2D eigenvalue weighted by Crippen LogP contribution is 2.27. The van der Waals surface area contributed by atoms with E-state index in [9.17, 15) is 9.90 Å². The first kappa shape index (κ1) is 21.2. The van der Waals surface area contributed by atoms with Crippen LogP contribution in [0.4, 0.5) is 5.69 Å². The zero-order valence-corrected chi connectivity index (χ0v) is 18.5. The Morgan fingerprint density at radius 3 is 2.82 bits per heavy atom. The van der Waals surface area contributed by atoms with Crippen LogP contribution in [0.2, 0.25) is 0 Å². The molecule has 3 aromatic heterocycles. The molecule has 1 aliphatic rings. The average Bonchev–Trinajstić information content (AvgIpc) is 3.24. The number of hydrogen-bond acceptors (Lipinski definition) is 6. The Kier molecular flexibility index (Phi) is 5.85. The lowest BCUT2D eigenvalue weighted by molar-refractivity contribution is 0.0792. The number of pyridine rings is 2. The first-order valence-corrected chi connectivity index (χ1v) is 11.1. The van der Waals surface area contributed by atoms with Crippen molar-refractivity contribution < 1.29 is 9.90 Å². The van der Waals surface area contributed by atoms with Crippen molar-refractivity contribution in [3.63, 3.8) is 0 Å². The van der Waals surface area contributed by atoms with E-state index in [1.54, 1.807) is 12.3 Å². The molecule has 0 spiro atoms. The summed E-state index contributed by atoms with van der Waals surface area (Å²) in [4.78, 5) is 23.8. The van der Waals surface area contributed by atoms with E-state index in [0.717, 1.165) is 65.8 Å². The van der Waals surface area contributed by atoms with Gasteiger partial charge >= 0.3 is 0 Å². The van der Waals surface area contributed by atoms with Crippen LogP contribution < -0.4 is 5.32 Å². The number of anilines is 1. The van der Waals surface area contributed by atoms with E-state index in [0.29, 0.717) is 11.4 Å². The van der Waals surface area contributed by atoms with Gasteiger partial charge in [-0.25, -0.2) is 0 Å². The number of aromatic amines is 1. The molecule has 1 saturated heterocycles. The van der Waals surface area contributed by atoms with Crippen molar-refractivity contribution in [3.8, 4) is 11.1 Å². The van der Waals surface area contributed by atoms with Gasteiger partial charge in [0.2, 0.25) is 0 Å². The second kappa shape index (κ2) is 9.09. The van der Waals surface area contributed by atoms with Gasteiger partial charge in [0.1, 0.15) is 0 Å². The minimum absolute atomic E-state index is 0.179. The number of amides is 1. The van der Waals surface area contributed by atoms with Crippen LogP contribution >= 0.6 is 0 Å². The summed E-state index contributed by atoms with van der Waals surface area (Å²) in [5, 5.41) is 20.6. The van der Waals surface area contributed by atoms with Crippen LogP contribution in [0.25, 0.3) is 22.0 Å². The minimum Gasteiger partial charge on any atom is -0.393 e. The first-order chi connectivity index (χ1) is 16.0. The van der Waals surface area contributed by atoms with Gasteiger partial charge in [-0.3, -0.25) is 24.8 Å². The fourth-order valence-electron chi connectivity index (χ4n) is 4.25. The lowest BCUT2D eigenvalue weighted by Crippen LogP contribution is -2.35. The Labute approximate surface area is 191 Å². The predicted molar refractivity (Wildman–Crippen MR) is 127 cm³/mol. The van der Waals surface area contributed by atoms with Gasteiger partial charge in [-0.1, -0.05) is 6.07 Å². The predicted octanol–water partition coefficient (Wildman–Crippen LogP) is 3.54. The Hall–Kier alpha value is -3.62. The number of carbonyl (C=O) groups is 1. The number of aromatic nitrogens is 4. The largest absolute Gasteiger partial charge is 0.393 e. The van der Waals surface area contributed by atoms with Crippen molar-refractivity contribution in [1.29, 1.82) is 0 Å². The standard InChI is InChI=1S/C25H26N6O2/c1-16-10-20(4-7-27-16)28-25(33)24-22-12-18(2-3-23(22)29-30-24)19-11-17(13-26-14-19)15-31-8-5-21(32)6-9-31/h2-4,7,10-14,21,32H,5-6,8-9,15H2,1H3,(H,29,30)(H,27,28,33). The molecule has 0 saturated carbocycles. The molecule has 4 heterocycles. The third-order valence-electron chi connectivity index (χ3n) is 6.02. The summed E-state index contributed by atoms with van der Waals surface area (Å²) in [6, 6.07) is 11.6. The van der Waals surface area contributed by atoms with Gasteiger partial charge in [-0.15, -0.1) is 0 Å². The fraction of sp³-hybridized carbons (Fsp3) is 0.280. The lowest BCUT2D eigenvalue weighted by atomic mass is 10.0. The van der Waals surface area contributed by atoms with Crippen molar-refractivity contribution in [1.82, 2.24) is 25.1 Å². The molecule has 0 bridgehead atoms. The van der Waals surface area contributed by atoms with Gasteiger partial charge < -0.3 is 10.4 Å². The van der Waals surface area contributed by atoms with Crippen LogP contribution in [-0.2, 0) is 6.54 Å². The number of likely N-dealkylation sites (tertiary alicyclic amines) is 1. The van der Waals surface area contributed by atoms with Gasteiger partial charge in [0.05, 0.1) is 11.6 Å². The third-order valence-corrected chi connectivity index (χ3v) is 6.02. The molecule has 1 fully saturated rings. The summed E-state index contributed by atoms with van der Waals surface area (Å²) in [5.74, 6) is -0.275. The van der Waals surface area contributed by atoms with Crippen molar-refractivity contribution in [2.45, 2.75) is 32.4 Å². The smallest absolute Gasteiger partial charge is 0.276 e. The molecule has 0 aliphatic carbocycles. The zero-order valence-electron chi connectivity index (χ0n) is 18.5. The number of aliphatic hydroxyl groups is 1. The molecule has 33 heavy (non-hydrogen) atoms. The Morgan fingerprint density at radius 1 is 1.15 bits per heavy atom. The van der Waals surface area contributed by atoms with E-state index in [1.807, 2.05) is 43.6 Å². The number of nitrogens with one attached hydrogen (secondary N) is 2. The normalized spacial score (nSPS) is 15.1. The SMILES string of the molecule is Cc1cc(NC(=O)c2n[nH]c3ccc(-c4cncc(CN5CCC(O)CC5)c4)cc23)ccn1. The number of piperidine rings is 1. The third kappa shape index (κ3) is 4.76. The molecule has 168 valence electrons. The van der Waals surface area contributed by atoms with Gasteiger partial charge in [0, 0.05) is 60.6 Å². The van der Waals surface area contributed by atoms with Crippen molar-refractivity contribution in [3.05, 3.63) is 71.9 Å². The van der Waals surface area contributed by atoms with E-state index in [4.69, 9.17) is 0 Å². The highest BCUT2D eigenvalue weighted by atomic mass is 16.3. The van der Waals surface area contributed by atoms with E-state index in [2.05, 4.69) is 36.4 Å². The quantitative estimate of drug-likeness (QED) is 0.436. The van der Waals surface area contributed by atoms with Gasteiger partial charge in [-0.05, 0) is 61.2 Å². The number of hydrogen-bond donors (Lipinski definition) is 3. The fourth-order valence-corrected chi connectivity index (χ4v) is 4.25. The van der Waals surface area contributed by atoms with Crippen LogP contribution in [0.15, 0.2) is 55.0 Å². The highest BCUT2D eigenvalue weighted by Gasteiger charge is 2.18. The highest BCUT2D eigenvalue weighted by molar-refractivity contribution is 6.11. The lowest BCUT2D eigenvalue weighted by Gasteiger charge is -2.29. The number of H-pyrrole nitrogens is 1. The van der Waals surface area contributed by atoms with E-state index in [-0.39, 0.29) is 12.0 Å². The van der Waals surface area contributed by atoms with E-state index >= 15 is 0 Å². The van der Waals surface area contributed by atoms with Crippen LogP contribution in [0.1, 0.15) is 34.6 Å². The van der Waals surface area contributed by atoms with Crippen molar-refractivity contribution in [2.24, 2.45) is 0 Å². The molecule has 1 aromatic carbocycles. The number of rotatable bonds is 5. The van der Waals surface area contributed by atoms with E-state index in [1.165, 1.54) is 0 Å². The number of aryl methyl sites for hydroxylation is 1. The topological polar surface area (TPSA) is 107 Å². The number of benzene rings is 1. The molecule has 8 nitrogen and oxygen atoms in total. The summed E-state index contributed by atoms with van der Waals surface area (Å²) >= 11 is 0. The maximum atomic E-state index is 12.9. The summed E-state index contributed by atoms with van der Waals surface area (Å²) in [5.41, 5.74) is 5.74. The van der Waals surface area contributed by atoms with Gasteiger partial charge in [0.15, 0.2) is 5.69 Å². The summed E-state index contributed by atoms with van der Waals surface area (Å²) in [7, 11) is 0. The number of fused-ring (bicyclic) bond motifs is 1. The molecule has 0 atom stereocenters. The monoisotopic (exact) mass is 442 g/mol. The second-order valence-corrected chi connectivity index (χ2v) is 8.56. The maximum Gasteiger partial charge on any atom is 0.276 e. The molecule has 3 N–H and O–H groups in total. The summed E-state index contributed by atoms with van der Waals surface area (Å²) in [6.45, 7) is 4.47. The van der Waals surface area contributed by atoms with Crippen LogP contribution in [0, 0.1) is 6.92 Å². The van der Waals surface area contributed by atoms with Crippen molar-refractivity contribution >= 4 is 22.5 Å². The van der Waals surface area contributed by atoms with Crippen molar-refractivity contribution in [2.75, 3.05) is 18.4 Å². The number of nitrogens with zero attached hydrogens (tertiary/aromatic N) is 4. The van der Waals surface area contributed by atoms with E-state index < -0.39 is 0 Å². The number of carbonyl (C=O) groups excluding carboxylic acids is 1. The molecule has 0 unspecified atom stereocenters. The Morgan fingerprint density at radius 2 is 2.00 bits per heavy atom. The summed E-state index contributed by atoms with van der Waals surface area (Å²) < 4.78 is 0. The van der Waals surface area contributed by atoms with Crippen LogP contribution in [0.5, 0.6) is 0 Å². The molecule has 8 heteroatoms. The molecule has 5 rings (SSSR count). The maximum absolute atomic E-state index is 12.9. The molecule has 0 radical (unpaired) electrons. The number of aliphatic hydroxyl groups excluding tert-OH is 1. The second-order valence-electron chi connectivity index (χ2n) is 8.56.